The van der Waals surface area contributed by atoms with E-state index in [9.17, 15) is 9.18 Å². The van der Waals surface area contributed by atoms with E-state index in [0.29, 0.717) is 23.3 Å². The van der Waals surface area contributed by atoms with Gasteiger partial charge in [0, 0.05) is 19.1 Å². The number of nitrogens with two attached hydrogens (primary N) is 1. The average molecular weight is 412 g/mol. The maximum atomic E-state index is 13.5. The molecule has 0 bridgehead atoms. The summed E-state index contributed by atoms with van der Waals surface area (Å²) in [7, 11) is 0. The molecule has 1 aliphatic heterocycles. The zero-order valence-corrected chi connectivity index (χ0v) is 15.8. The number of nitrogens with zero attached hydrogens (tertiary/aromatic N) is 2. The van der Waals surface area contributed by atoms with Crippen LogP contribution in [-0.4, -0.2) is 34.9 Å². The molecule has 1 aromatic heterocycles. The number of carbonyl (C=O) groups excluding carboxylic acids is 1. The van der Waals surface area contributed by atoms with Crippen LogP contribution >= 0.6 is 27.3 Å². The summed E-state index contributed by atoms with van der Waals surface area (Å²) in [5.41, 5.74) is 7.07. The van der Waals surface area contributed by atoms with E-state index in [2.05, 4.69) is 20.9 Å². The molecule has 1 fully saturated rings. The Morgan fingerprint density at radius 2 is 2.29 bits per heavy atom. The summed E-state index contributed by atoms with van der Waals surface area (Å²) < 4.78 is 13.9. The highest BCUT2D eigenvalue weighted by Gasteiger charge is 2.30. The number of halogens is 2. The van der Waals surface area contributed by atoms with E-state index in [0.717, 1.165) is 34.7 Å². The third kappa shape index (κ3) is 3.38. The number of likely N-dealkylation sites (tertiary alicyclic amines) is 1. The molecule has 2 heterocycles. The zero-order chi connectivity index (χ0) is 17.3. The first-order valence-electron chi connectivity index (χ1n) is 7.95. The van der Waals surface area contributed by atoms with E-state index in [1.807, 2.05) is 11.8 Å². The van der Waals surface area contributed by atoms with Gasteiger partial charge in [-0.3, -0.25) is 4.79 Å². The van der Waals surface area contributed by atoms with Gasteiger partial charge in [-0.1, -0.05) is 6.07 Å². The van der Waals surface area contributed by atoms with Crippen molar-refractivity contribution >= 4 is 33.2 Å². The normalized spacial score (nSPS) is 18.0. The minimum absolute atomic E-state index is 0.0704. The Bertz CT molecular complexity index is 764. The lowest BCUT2D eigenvalue weighted by atomic mass is 10.0. The van der Waals surface area contributed by atoms with Crippen molar-refractivity contribution in [2.45, 2.75) is 32.2 Å². The maximum absolute atomic E-state index is 13.5. The number of benzene rings is 1. The molecule has 1 saturated heterocycles. The molecule has 0 spiro atoms. The van der Waals surface area contributed by atoms with Gasteiger partial charge in [-0.2, -0.15) is 0 Å². The number of thiazole rings is 1. The molecular formula is C17H19BrFN3OS. The van der Waals surface area contributed by atoms with Gasteiger partial charge in [0.1, 0.15) is 11.5 Å². The van der Waals surface area contributed by atoms with Crippen LogP contribution in [0.5, 0.6) is 0 Å². The fraction of sp³-hybridized carbons (Fsp3) is 0.412. The van der Waals surface area contributed by atoms with E-state index in [4.69, 9.17) is 5.73 Å². The number of piperidine rings is 1. The second-order valence-electron chi connectivity index (χ2n) is 5.92. The first-order chi connectivity index (χ1) is 11.5. The predicted molar refractivity (Wildman–Crippen MR) is 97.7 cm³/mol. The van der Waals surface area contributed by atoms with Crippen molar-refractivity contribution in [1.29, 1.82) is 0 Å². The van der Waals surface area contributed by atoms with Crippen LogP contribution in [0.1, 0.15) is 34.8 Å². The fourth-order valence-corrected chi connectivity index (χ4v) is 4.34. The highest BCUT2D eigenvalue weighted by Crippen LogP contribution is 2.34. The van der Waals surface area contributed by atoms with E-state index < -0.39 is 0 Å². The van der Waals surface area contributed by atoms with E-state index in [-0.39, 0.29) is 17.8 Å². The van der Waals surface area contributed by atoms with Gasteiger partial charge >= 0.3 is 0 Å². The average Bonchev–Trinajstić information content (AvgIpc) is 2.98. The Morgan fingerprint density at radius 1 is 1.50 bits per heavy atom. The van der Waals surface area contributed by atoms with Crippen LogP contribution in [0.2, 0.25) is 0 Å². The topological polar surface area (TPSA) is 59.2 Å². The number of aromatic nitrogens is 1. The molecule has 0 unspecified atom stereocenters. The Balaban J connectivity index is 1.99. The minimum atomic E-state index is -0.327. The van der Waals surface area contributed by atoms with Crippen molar-refractivity contribution in [2.24, 2.45) is 5.73 Å². The molecule has 1 atom stereocenters. The van der Waals surface area contributed by atoms with Crippen LogP contribution in [0.3, 0.4) is 0 Å². The molecule has 4 nitrogen and oxygen atoms in total. The molecule has 24 heavy (non-hydrogen) atoms. The Hall–Kier alpha value is -1.31. The van der Waals surface area contributed by atoms with Crippen LogP contribution < -0.4 is 5.73 Å². The Labute approximate surface area is 153 Å². The monoisotopic (exact) mass is 411 g/mol. The van der Waals surface area contributed by atoms with Crippen LogP contribution in [0.4, 0.5) is 4.39 Å². The van der Waals surface area contributed by atoms with Gasteiger partial charge in [-0.25, -0.2) is 9.37 Å². The smallest absolute Gasteiger partial charge is 0.274 e. The summed E-state index contributed by atoms with van der Waals surface area (Å²) in [5.74, 6) is -0.406. The molecule has 2 N–H and O–H groups in total. The maximum Gasteiger partial charge on any atom is 0.274 e. The molecule has 1 aromatic carbocycles. The standard InChI is InChI=1S/C17H19BrFN3OS/c1-10-21-15(17(23)22-7-3-2-4-12(22)9-20)16(24-10)11-5-6-14(19)13(18)8-11/h5-6,8,12H,2-4,7,9,20H2,1H3/t12-/m0/s1. The summed E-state index contributed by atoms with van der Waals surface area (Å²) in [4.78, 5) is 20.1. The largest absolute Gasteiger partial charge is 0.333 e. The number of aryl methyl sites for hydroxylation is 1. The van der Waals surface area contributed by atoms with Crippen molar-refractivity contribution in [1.82, 2.24) is 9.88 Å². The SMILES string of the molecule is Cc1nc(C(=O)N2CCCC[C@H]2CN)c(-c2ccc(F)c(Br)c2)s1. The second-order valence-corrected chi connectivity index (χ2v) is 7.98. The molecule has 1 aliphatic rings. The summed E-state index contributed by atoms with van der Waals surface area (Å²) in [6.45, 7) is 3.05. The predicted octanol–water partition coefficient (Wildman–Crippen LogP) is 3.97. The molecule has 0 radical (unpaired) electrons. The summed E-state index contributed by atoms with van der Waals surface area (Å²) in [5, 5.41) is 0.815. The van der Waals surface area contributed by atoms with E-state index >= 15 is 0 Å². The van der Waals surface area contributed by atoms with Crippen LogP contribution in [0.25, 0.3) is 10.4 Å². The van der Waals surface area contributed by atoms with Gasteiger partial charge < -0.3 is 10.6 Å². The first kappa shape index (κ1) is 17.5. The van der Waals surface area contributed by atoms with Gasteiger partial charge in [-0.05, 0) is 59.8 Å². The highest BCUT2D eigenvalue weighted by molar-refractivity contribution is 9.10. The molecule has 0 saturated carbocycles. The zero-order valence-electron chi connectivity index (χ0n) is 13.4. The number of rotatable bonds is 3. The van der Waals surface area contributed by atoms with Crippen molar-refractivity contribution in [3.8, 4) is 10.4 Å². The number of hydrogen-bond donors (Lipinski definition) is 1. The molecule has 1 amide bonds. The van der Waals surface area contributed by atoms with Gasteiger partial charge in [0.05, 0.1) is 14.4 Å². The Morgan fingerprint density at radius 3 is 3.00 bits per heavy atom. The van der Waals surface area contributed by atoms with Crippen LogP contribution in [0.15, 0.2) is 22.7 Å². The van der Waals surface area contributed by atoms with Gasteiger partial charge in [0.25, 0.3) is 5.91 Å². The Kier molecular flexibility index (Phi) is 5.32. The third-order valence-electron chi connectivity index (χ3n) is 4.28. The summed E-state index contributed by atoms with van der Waals surface area (Å²) in [6, 6.07) is 4.84. The molecule has 3 rings (SSSR count). The van der Waals surface area contributed by atoms with Crippen molar-refractivity contribution in [2.75, 3.05) is 13.1 Å². The van der Waals surface area contributed by atoms with Gasteiger partial charge in [0.15, 0.2) is 0 Å². The summed E-state index contributed by atoms with van der Waals surface area (Å²) >= 11 is 4.66. The molecule has 7 heteroatoms. The van der Waals surface area contributed by atoms with Gasteiger partial charge in [0.2, 0.25) is 0 Å². The molecule has 2 aromatic rings. The van der Waals surface area contributed by atoms with Crippen molar-refractivity contribution in [3.63, 3.8) is 0 Å². The lowest BCUT2D eigenvalue weighted by Gasteiger charge is -2.34. The van der Waals surface area contributed by atoms with Gasteiger partial charge in [-0.15, -0.1) is 11.3 Å². The van der Waals surface area contributed by atoms with Crippen LogP contribution in [0, 0.1) is 12.7 Å². The highest BCUT2D eigenvalue weighted by atomic mass is 79.9. The van der Waals surface area contributed by atoms with Crippen molar-refractivity contribution < 1.29 is 9.18 Å². The molecule has 0 aliphatic carbocycles. The molecule has 128 valence electrons. The van der Waals surface area contributed by atoms with E-state index in [1.54, 1.807) is 12.1 Å². The van der Waals surface area contributed by atoms with E-state index in [1.165, 1.54) is 17.4 Å². The second kappa shape index (κ2) is 7.29. The van der Waals surface area contributed by atoms with Crippen LogP contribution in [-0.2, 0) is 0 Å². The lowest BCUT2D eigenvalue weighted by molar-refractivity contribution is 0.0618. The van der Waals surface area contributed by atoms with Crippen molar-refractivity contribution in [3.05, 3.63) is 39.2 Å². The number of carbonyl (C=O) groups is 1. The third-order valence-corrected chi connectivity index (χ3v) is 5.91. The molecular weight excluding hydrogens is 393 g/mol. The minimum Gasteiger partial charge on any atom is -0.333 e. The first-order valence-corrected chi connectivity index (χ1v) is 9.56. The fourth-order valence-electron chi connectivity index (χ4n) is 3.05. The summed E-state index contributed by atoms with van der Waals surface area (Å²) in [6.07, 6.45) is 3.02. The lowest BCUT2D eigenvalue weighted by Crippen LogP contribution is -2.47. The number of amides is 1. The quantitative estimate of drug-likeness (QED) is 0.830. The number of hydrogen-bond acceptors (Lipinski definition) is 4.